The second-order valence-electron chi connectivity index (χ2n) is 8.80. The Morgan fingerprint density at radius 2 is 1.63 bits per heavy atom. The van der Waals surface area contributed by atoms with E-state index in [0.717, 1.165) is 37.4 Å². The van der Waals surface area contributed by atoms with Crippen molar-refractivity contribution < 1.29 is 27.5 Å². The van der Waals surface area contributed by atoms with Crippen LogP contribution in [0.25, 0.3) is 0 Å². The van der Waals surface area contributed by atoms with Gasteiger partial charge in [0.1, 0.15) is 6.29 Å². The Kier molecular flexibility index (Phi) is 15.1. The molecule has 2 aromatic rings. The van der Waals surface area contributed by atoms with E-state index in [1.54, 1.807) is 30.3 Å². The topological polar surface area (TPSA) is 97.0 Å². The zero-order chi connectivity index (χ0) is 28.4. The lowest BCUT2D eigenvalue weighted by molar-refractivity contribution is -0.126. The highest BCUT2D eigenvalue weighted by Gasteiger charge is 2.38. The number of carbonyl (C=O) groups excluding carboxylic acids is 2. The summed E-state index contributed by atoms with van der Waals surface area (Å²) < 4.78 is 44.3. The molecular formula is C28H37F3N4O3. The molecule has 3 N–H and O–H groups in total. The minimum Gasteiger partial charge on any atom is -0.471 e. The number of benzene rings is 2. The highest BCUT2D eigenvalue weighted by atomic mass is 19.4. The van der Waals surface area contributed by atoms with Crippen molar-refractivity contribution in [1.82, 2.24) is 4.90 Å². The van der Waals surface area contributed by atoms with E-state index in [1.165, 1.54) is 38.5 Å². The Bertz CT molecular complexity index is 1000. The molecule has 0 heterocycles. The van der Waals surface area contributed by atoms with Gasteiger partial charge in [-0.05, 0) is 56.8 Å². The second-order valence-corrected chi connectivity index (χ2v) is 8.80. The summed E-state index contributed by atoms with van der Waals surface area (Å²) in [6.45, 7) is 1.11. The first kappa shape index (κ1) is 32.4. The van der Waals surface area contributed by atoms with Gasteiger partial charge in [0.2, 0.25) is 0 Å². The molecule has 0 unspecified atom stereocenters. The molecule has 0 atom stereocenters. The number of ether oxygens (including phenoxy) is 1. The summed E-state index contributed by atoms with van der Waals surface area (Å²) >= 11 is 0. The average Bonchev–Trinajstić information content (AvgIpc) is 2.92. The van der Waals surface area contributed by atoms with Crippen molar-refractivity contribution in [2.75, 3.05) is 26.5 Å². The summed E-state index contributed by atoms with van der Waals surface area (Å²) in [6.07, 6.45) is 3.49. The number of aldehydes is 1. The van der Waals surface area contributed by atoms with Crippen LogP contribution in [0.1, 0.15) is 37.7 Å². The van der Waals surface area contributed by atoms with Crippen molar-refractivity contribution in [3.05, 3.63) is 72.1 Å². The van der Waals surface area contributed by atoms with Crippen molar-refractivity contribution in [3.63, 3.8) is 0 Å². The lowest BCUT2D eigenvalue weighted by atomic mass is 9.91. The quantitative estimate of drug-likeness (QED) is 0.326. The van der Waals surface area contributed by atoms with Crippen LogP contribution >= 0.6 is 0 Å². The molecule has 10 heteroatoms. The monoisotopic (exact) mass is 534 g/mol. The van der Waals surface area contributed by atoms with Crippen LogP contribution in [0.5, 0.6) is 0 Å². The zero-order valence-electron chi connectivity index (χ0n) is 22.1. The molecule has 0 spiro atoms. The molecule has 0 aliphatic heterocycles. The SMILES string of the molecule is CN(C)Cc1ccc(N/C(=C/N)C(=Nc2ccccc2)C(F)(F)F)cc1.COC=O.O=CC1CCCCC1. The van der Waals surface area contributed by atoms with E-state index in [9.17, 15) is 18.0 Å². The fourth-order valence-electron chi connectivity index (χ4n) is 3.57. The van der Waals surface area contributed by atoms with Crippen LogP contribution in [0.2, 0.25) is 0 Å². The van der Waals surface area contributed by atoms with E-state index in [2.05, 4.69) is 15.0 Å². The van der Waals surface area contributed by atoms with Gasteiger partial charge in [-0.1, -0.05) is 49.6 Å². The lowest BCUT2D eigenvalue weighted by Gasteiger charge is -2.16. The normalized spacial score (nSPS) is 14.4. The molecule has 38 heavy (non-hydrogen) atoms. The van der Waals surface area contributed by atoms with Gasteiger partial charge in [0.05, 0.1) is 18.5 Å². The number of methoxy groups -OCH3 is 1. The van der Waals surface area contributed by atoms with Crippen LogP contribution in [-0.2, 0) is 20.9 Å². The fraction of sp³-hybridized carbons (Fsp3) is 0.393. The van der Waals surface area contributed by atoms with E-state index in [0.29, 0.717) is 18.1 Å². The number of aliphatic imine (C=N–C) groups is 1. The number of hydrogen-bond acceptors (Lipinski definition) is 7. The molecular weight excluding hydrogens is 497 g/mol. The van der Waals surface area contributed by atoms with Crippen molar-refractivity contribution >= 4 is 29.8 Å². The summed E-state index contributed by atoms with van der Waals surface area (Å²) in [6, 6.07) is 15.0. The number of anilines is 1. The summed E-state index contributed by atoms with van der Waals surface area (Å²) in [5, 5.41) is 2.71. The van der Waals surface area contributed by atoms with Crippen LogP contribution in [0.15, 0.2) is 71.5 Å². The Morgan fingerprint density at radius 3 is 2.05 bits per heavy atom. The molecule has 3 rings (SSSR count). The van der Waals surface area contributed by atoms with Crippen LogP contribution < -0.4 is 11.1 Å². The smallest absolute Gasteiger partial charge is 0.435 e. The maximum absolute atomic E-state index is 13.5. The van der Waals surface area contributed by atoms with Crippen LogP contribution in [0, 0.1) is 5.92 Å². The third kappa shape index (κ3) is 13.0. The minimum absolute atomic E-state index is 0.197. The molecule has 0 aromatic heterocycles. The van der Waals surface area contributed by atoms with Gasteiger partial charge >= 0.3 is 6.18 Å². The number of halogens is 3. The van der Waals surface area contributed by atoms with Gasteiger partial charge in [0, 0.05) is 24.4 Å². The number of hydrogen-bond donors (Lipinski definition) is 2. The molecule has 1 saturated carbocycles. The minimum atomic E-state index is -4.65. The van der Waals surface area contributed by atoms with Crippen molar-refractivity contribution in [2.24, 2.45) is 16.6 Å². The number of para-hydroxylation sites is 1. The van der Waals surface area contributed by atoms with E-state index in [1.807, 2.05) is 31.1 Å². The standard InChI is InChI=1S/C19H21F3N4.C7H12O.C2H4O2/c1-26(2)13-14-8-10-16(11-9-14)24-17(12-23)18(19(20,21)22)25-15-6-4-3-5-7-15;8-6-7-4-2-1-3-5-7;1-4-2-3/h3-12,24H,13,23H2,1-2H3;6-7H,1-5H2;2H,1H3/b17-12+,25-18?;;. The maximum Gasteiger partial charge on any atom is 0.435 e. The average molecular weight is 535 g/mol. The highest BCUT2D eigenvalue weighted by molar-refractivity contribution is 6.07. The van der Waals surface area contributed by atoms with Gasteiger partial charge in [-0.3, -0.25) is 4.79 Å². The molecule has 2 aromatic carbocycles. The number of carbonyl (C=O) groups is 2. The lowest BCUT2D eigenvalue weighted by Crippen LogP contribution is -2.29. The van der Waals surface area contributed by atoms with Gasteiger partial charge in [0.15, 0.2) is 5.71 Å². The van der Waals surface area contributed by atoms with Gasteiger partial charge in [-0.25, -0.2) is 4.99 Å². The molecule has 1 aliphatic rings. The van der Waals surface area contributed by atoms with Crippen LogP contribution in [-0.4, -0.2) is 50.8 Å². The molecule has 0 amide bonds. The first-order chi connectivity index (χ1) is 18.1. The predicted octanol–water partition coefficient (Wildman–Crippen LogP) is 5.85. The molecule has 1 fully saturated rings. The van der Waals surface area contributed by atoms with Gasteiger partial charge in [-0.2, -0.15) is 13.2 Å². The second kappa shape index (κ2) is 17.7. The van der Waals surface area contributed by atoms with Crippen molar-refractivity contribution in [2.45, 2.75) is 44.8 Å². The summed E-state index contributed by atoms with van der Waals surface area (Å²) in [7, 11) is 5.20. The fourth-order valence-corrected chi connectivity index (χ4v) is 3.57. The van der Waals surface area contributed by atoms with E-state index >= 15 is 0 Å². The van der Waals surface area contributed by atoms with Crippen LogP contribution in [0.3, 0.4) is 0 Å². The van der Waals surface area contributed by atoms with Crippen molar-refractivity contribution in [3.8, 4) is 0 Å². The summed E-state index contributed by atoms with van der Waals surface area (Å²) in [4.78, 5) is 24.8. The third-order valence-corrected chi connectivity index (χ3v) is 5.36. The molecule has 0 saturated heterocycles. The Morgan fingerprint density at radius 1 is 1.05 bits per heavy atom. The molecule has 0 bridgehead atoms. The van der Waals surface area contributed by atoms with Gasteiger partial charge < -0.3 is 25.5 Å². The maximum atomic E-state index is 13.5. The first-order valence-electron chi connectivity index (χ1n) is 12.2. The Labute approximate surface area is 222 Å². The molecule has 208 valence electrons. The number of allylic oxidation sites excluding steroid dienone is 1. The predicted molar refractivity (Wildman–Crippen MR) is 145 cm³/mol. The summed E-state index contributed by atoms with van der Waals surface area (Å²) in [5.41, 5.74) is 5.81. The van der Waals surface area contributed by atoms with E-state index < -0.39 is 11.9 Å². The Hall–Kier alpha value is -3.66. The van der Waals surface area contributed by atoms with E-state index in [-0.39, 0.29) is 11.4 Å². The Balaban J connectivity index is 0.000000495. The highest BCUT2D eigenvalue weighted by Crippen LogP contribution is 2.27. The number of alkyl halides is 3. The first-order valence-corrected chi connectivity index (χ1v) is 12.2. The number of nitrogens with one attached hydrogen (secondary N) is 1. The molecule has 0 radical (unpaired) electrons. The number of rotatable bonds is 8. The number of nitrogens with zero attached hydrogens (tertiary/aromatic N) is 2. The third-order valence-electron chi connectivity index (χ3n) is 5.36. The van der Waals surface area contributed by atoms with Crippen molar-refractivity contribution in [1.29, 1.82) is 0 Å². The zero-order valence-corrected chi connectivity index (χ0v) is 22.1. The number of nitrogens with two attached hydrogens (primary N) is 1. The summed E-state index contributed by atoms with van der Waals surface area (Å²) in [5.74, 6) is 0.406. The molecule has 1 aliphatic carbocycles. The largest absolute Gasteiger partial charge is 0.471 e. The van der Waals surface area contributed by atoms with Crippen LogP contribution in [0.4, 0.5) is 24.5 Å². The van der Waals surface area contributed by atoms with Gasteiger partial charge in [-0.15, -0.1) is 0 Å². The van der Waals surface area contributed by atoms with E-state index in [4.69, 9.17) is 10.5 Å². The molecule has 7 nitrogen and oxygen atoms in total. The van der Waals surface area contributed by atoms with Gasteiger partial charge in [0.25, 0.3) is 6.47 Å².